The van der Waals surface area contributed by atoms with E-state index in [-0.39, 0.29) is 6.61 Å². The van der Waals surface area contributed by atoms with Gasteiger partial charge < -0.3 is 9.84 Å². The molecule has 214 valence electrons. The predicted octanol–water partition coefficient (Wildman–Crippen LogP) is 9.68. The number of hydrogen-bond donors (Lipinski definition) is 1. The van der Waals surface area contributed by atoms with Gasteiger partial charge in [-0.25, -0.2) is 9.97 Å². The van der Waals surface area contributed by atoms with E-state index in [4.69, 9.17) is 33.0 Å². The lowest BCUT2D eigenvalue weighted by Gasteiger charge is -2.07. The van der Waals surface area contributed by atoms with E-state index < -0.39 is 0 Å². The molecule has 0 unspecified atom stereocenters. The van der Waals surface area contributed by atoms with E-state index in [0.29, 0.717) is 40.2 Å². The van der Waals surface area contributed by atoms with Gasteiger partial charge in [0.05, 0.1) is 24.8 Å². The maximum Gasteiger partial charge on any atom is 0.160 e. The molecule has 0 aliphatic carbocycles. The van der Waals surface area contributed by atoms with Crippen molar-refractivity contribution < 1.29 is 9.84 Å². The van der Waals surface area contributed by atoms with Crippen LogP contribution in [0.15, 0.2) is 140 Å². The van der Waals surface area contributed by atoms with Crippen molar-refractivity contribution in [3.63, 3.8) is 0 Å². The molecule has 0 amide bonds. The Morgan fingerprint density at radius 3 is 1.47 bits per heavy atom. The van der Waals surface area contributed by atoms with Crippen LogP contribution in [0.1, 0.15) is 16.7 Å². The summed E-state index contributed by atoms with van der Waals surface area (Å²) >= 11 is 12.0. The van der Waals surface area contributed by atoms with Crippen LogP contribution in [0, 0.1) is 0 Å². The Labute approximate surface area is 262 Å². The van der Waals surface area contributed by atoms with Crippen molar-refractivity contribution in [3.8, 4) is 33.6 Å². The van der Waals surface area contributed by atoms with Crippen molar-refractivity contribution in [3.05, 3.63) is 167 Å². The van der Waals surface area contributed by atoms with Crippen molar-refractivity contribution in [1.29, 1.82) is 0 Å². The van der Waals surface area contributed by atoms with Crippen LogP contribution >= 0.6 is 23.2 Å². The molecule has 6 aromatic rings. The third-order valence-electron chi connectivity index (χ3n) is 6.77. The smallest absolute Gasteiger partial charge is 0.160 e. The van der Waals surface area contributed by atoms with Gasteiger partial charge >= 0.3 is 0 Å². The zero-order chi connectivity index (χ0) is 29.9. The number of nitrogens with zero attached hydrogens (tertiary/aromatic N) is 2. The number of ether oxygens (including phenoxy) is 1. The van der Waals surface area contributed by atoms with E-state index in [0.717, 1.165) is 0 Å². The summed E-state index contributed by atoms with van der Waals surface area (Å²) in [6.45, 7) is 1.10. The van der Waals surface area contributed by atoms with Gasteiger partial charge in [0.25, 0.3) is 0 Å². The van der Waals surface area contributed by atoms with E-state index >= 15 is 0 Å². The van der Waals surface area contributed by atoms with E-state index in [2.05, 4.69) is 107 Å². The molecule has 0 saturated heterocycles. The monoisotopic (exact) mass is 604 g/mol. The lowest BCUT2D eigenvalue weighted by Crippen LogP contribution is -1.94. The standard InChI is InChI=1S/C26H22O.C11H8Cl2N2O/c1-3-7-23(8-4-1)25-15-11-21(12-16-25)19-27-20-22-13-17-26(18-14-22)24-9-5-2-6-10-24;12-9-5-10(13)8(4-7(9)6-16)11-14-2-1-3-15-11/h1-18H,19-20H2;1-5,16H,6H2. The number of aliphatic hydroxyl groups excluding tert-OH is 1. The highest BCUT2D eigenvalue weighted by Crippen LogP contribution is 2.31. The molecule has 0 saturated carbocycles. The van der Waals surface area contributed by atoms with Crippen LogP contribution in [0.25, 0.3) is 33.6 Å². The van der Waals surface area contributed by atoms with E-state index in [1.165, 1.54) is 33.4 Å². The first-order valence-electron chi connectivity index (χ1n) is 13.8. The topological polar surface area (TPSA) is 55.2 Å². The number of aliphatic hydroxyl groups is 1. The van der Waals surface area contributed by atoms with E-state index in [1.54, 1.807) is 30.6 Å². The van der Waals surface area contributed by atoms with Crippen LogP contribution in [-0.4, -0.2) is 15.1 Å². The van der Waals surface area contributed by atoms with Crippen LogP contribution in [0.3, 0.4) is 0 Å². The first-order chi connectivity index (χ1) is 21.1. The van der Waals surface area contributed by atoms with Crippen LogP contribution in [0.2, 0.25) is 10.0 Å². The van der Waals surface area contributed by atoms with Crippen molar-refractivity contribution >= 4 is 23.2 Å². The molecule has 0 bridgehead atoms. The maximum absolute atomic E-state index is 9.11. The third kappa shape index (κ3) is 8.38. The minimum absolute atomic E-state index is 0.143. The van der Waals surface area contributed by atoms with Gasteiger partial charge in [-0.15, -0.1) is 0 Å². The zero-order valence-electron chi connectivity index (χ0n) is 23.4. The number of rotatable bonds is 8. The fourth-order valence-electron chi connectivity index (χ4n) is 4.46. The normalized spacial score (nSPS) is 10.6. The predicted molar refractivity (Wildman–Crippen MR) is 176 cm³/mol. The van der Waals surface area contributed by atoms with Gasteiger partial charge in [-0.3, -0.25) is 0 Å². The molecular formula is C37H30Cl2N2O2. The Hall–Kier alpha value is -4.32. The molecule has 43 heavy (non-hydrogen) atoms. The van der Waals surface area contributed by atoms with Crippen LogP contribution in [0.5, 0.6) is 0 Å². The molecule has 0 atom stereocenters. The minimum atomic E-state index is -0.143. The first-order valence-corrected chi connectivity index (χ1v) is 14.6. The highest BCUT2D eigenvalue weighted by atomic mass is 35.5. The molecule has 0 spiro atoms. The fraction of sp³-hybridized carbons (Fsp3) is 0.0811. The molecule has 0 aliphatic rings. The molecule has 6 rings (SSSR count). The second-order valence-electron chi connectivity index (χ2n) is 9.77. The summed E-state index contributed by atoms with van der Waals surface area (Å²) in [4.78, 5) is 8.19. The highest BCUT2D eigenvalue weighted by molar-refractivity contribution is 6.36. The maximum atomic E-state index is 9.11. The summed E-state index contributed by atoms with van der Waals surface area (Å²) in [5.74, 6) is 0.513. The molecular weight excluding hydrogens is 575 g/mol. The van der Waals surface area contributed by atoms with Crippen LogP contribution in [-0.2, 0) is 24.6 Å². The van der Waals surface area contributed by atoms with Gasteiger partial charge in [0.15, 0.2) is 5.82 Å². The Morgan fingerprint density at radius 1 is 0.535 bits per heavy atom. The second-order valence-corrected chi connectivity index (χ2v) is 10.6. The molecule has 0 radical (unpaired) electrons. The van der Waals surface area contributed by atoms with Crippen molar-refractivity contribution in [2.45, 2.75) is 19.8 Å². The molecule has 1 N–H and O–H groups in total. The molecule has 4 nitrogen and oxygen atoms in total. The zero-order valence-corrected chi connectivity index (χ0v) is 24.9. The Kier molecular flexibility index (Phi) is 10.7. The van der Waals surface area contributed by atoms with Gasteiger partial charge in [0.1, 0.15) is 0 Å². The SMILES string of the molecule is OCc1cc(-c2ncccn2)c(Cl)cc1Cl.c1ccc(-c2ccc(COCc3ccc(-c4ccccc4)cc3)cc2)cc1. The van der Waals surface area contributed by atoms with Gasteiger partial charge in [0.2, 0.25) is 0 Å². The first kappa shape index (κ1) is 30.1. The Balaban J connectivity index is 0.000000196. The molecule has 0 fully saturated rings. The highest BCUT2D eigenvalue weighted by Gasteiger charge is 2.10. The molecule has 1 heterocycles. The van der Waals surface area contributed by atoms with Gasteiger partial charge in [-0.2, -0.15) is 0 Å². The second kappa shape index (κ2) is 15.2. The molecule has 6 heteroatoms. The summed E-state index contributed by atoms with van der Waals surface area (Å²) in [5.41, 5.74) is 8.59. The number of halogens is 2. The average Bonchev–Trinajstić information content (AvgIpc) is 3.07. The summed E-state index contributed by atoms with van der Waals surface area (Å²) in [7, 11) is 0. The number of aromatic nitrogens is 2. The summed E-state index contributed by atoms with van der Waals surface area (Å²) in [6.07, 6.45) is 3.26. The van der Waals surface area contributed by atoms with Crippen LogP contribution < -0.4 is 0 Å². The van der Waals surface area contributed by atoms with E-state index in [9.17, 15) is 0 Å². The molecule has 1 aromatic heterocycles. The summed E-state index contributed by atoms with van der Waals surface area (Å²) in [6, 6.07) is 43.0. The Bertz CT molecular complexity index is 1630. The lowest BCUT2D eigenvalue weighted by atomic mass is 10.0. The van der Waals surface area contributed by atoms with Crippen LogP contribution in [0.4, 0.5) is 0 Å². The summed E-state index contributed by atoms with van der Waals surface area (Å²) < 4.78 is 5.90. The van der Waals surface area contributed by atoms with E-state index in [1.807, 2.05) is 12.1 Å². The quantitative estimate of drug-likeness (QED) is 0.188. The number of benzene rings is 5. The van der Waals surface area contributed by atoms with Crippen molar-refractivity contribution in [2.75, 3.05) is 0 Å². The van der Waals surface area contributed by atoms with Gasteiger partial charge in [0, 0.05) is 23.0 Å². The molecule has 0 aliphatic heterocycles. The largest absolute Gasteiger partial charge is 0.392 e. The Morgan fingerprint density at radius 2 is 1.00 bits per heavy atom. The average molecular weight is 606 g/mol. The van der Waals surface area contributed by atoms with Crippen molar-refractivity contribution in [1.82, 2.24) is 9.97 Å². The molecule has 5 aromatic carbocycles. The lowest BCUT2D eigenvalue weighted by molar-refractivity contribution is 0.107. The van der Waals surface area contributed by atoms with Gasteiger partial charge in [-0.1, -0.05) is 132 Å². The summed E-state index contributed by atoms with van der Waals surface area (Å²) in [5, 5.41) is 10.0. The fourth-order valence-corrected chi connectivity index (χ4v) is 4.99. The number of hydrogen-bond acceptors (Lipinski definition) is 4. The van der Waals surface area contributed by atoms with Gasteiger partial charge in [-0.05, 0) is 57.1 Å². The van der Waals surface area contributed by atoms with Crippen molar-refractivity contribution in [2.24, 2.45) is 0 Å². The minimum Gasteiger partial charge on any atom is -0.392 e. The third-order valence-corrected chi connectivity index (χ3v) is 7.44.